The van der Waals surface area contributed by atoms with E-state index < -0.39 is 52.3 Å². The molecule has 6 N–H and O–H groups in total. The molecule has 0 heterocycles. The van der Waals surface area contributed by atoms with E-state index in [4.69, 9.17) is 5.73 Å². The van der Waals surface area contributed by atoms with E-state index in [1.807, 2.05) is 30.3 Å². The normalized spacial score (nSPS) is 12.8. The van der Waals surface area contributed by atoms with Crippen molar-refractivity contribution < 1.29 is 37.5 Å². The number of nitrogens with one attached hydrogen (secondary N) is 3. The molecule has 0 spiro atoms. The standard InChI is InChI=1S/C32H37N5O8S/c1-22(38)45-36-30(33)26-15-12-24(13-16-26)20-34-31(41)27(18-19-29(39)40)35-32(42)28(17-14-23-8-4-2-5-9-23)37-46(43,44)21-25-10-6-3-7-11-25/h2-13,15-16,27-28,37H,14,17-21H2,1H3,(H2,33,36)(H,34,41)(H,35,42)(H,39,40)/t27?,28-/m1/s1. The van der Waals surface area contributed by atoms with Gasteiger partial charge in [-0.15, -0.1) is 0 Å². The van der Waals surface area contributed by atoms with E-state index in [0.29, 0.717) is 23.1 Å². The summed E-state index contributed by atoms with van der Waals surface area (Å²) in [5.74, 6) is -3.58. The Kier molecular flexibility index (Phi) is 13.4. The highest BCUT2D eigenvalue weighted by atomic mass is 32.2. The number of rotatable bonds is 17. The average molecular weight is 652 g/mol. The summed E-state index contributed by atoms with van der Waals surface area (Å²) in [5.41, 5.74) is 8.32. The van der Waals surface area contributed by atoms with Crippen LogP contribution in [0.1, 0.15) is 48.4 Å². The van der Waals surface area contributed by atoms with Gasteiger partial charge in [-0.2, -0.15) is 0 Å². The van der Waals surface area contributed by atoms with Crippen LogP contribution in [0.15, 0.2) is 90.1 Å². The Labute approximate surface area is 267 Å². The highest BCUT2D eigenvalue weighted by molar-refractivity contribution is 7.88. The van der Waals surface area contributed by atoms with Crippen molar-refractivity contribution in [3.63, 3.8) is 0 Å². The summed E-state index contributed by atoms with van der Waals surface area (Å²) < 4.78 is 28.6. The van der Waals surface area contributed by atoms with Crippen LogP contribution in [-0.2, 0) is 52.8 Å². The van der Waals surface area contributed by atoms with Gasteiger partial charge in [0.15, 0.2) is 5.84 Å². The Balaban J connectivity index is 1.72. The number of carboxylic acid groups (broad SMARTS) is 1. The van der Waals surface area contributed by atoms with E-state index in [1.54, 1.807) is 54.6 Å². The first-order valence-electron chi connectivity index (χ1n) is 14.4. The van der Waals surface area contributed by atoms with E-state index >= 15 is 0 Å². The smallest absolute Gasteiger partial charge is 0.332 e. The van der Waals surface area contributed by atoms with E-state index in [0.717, 1.165) is 5.56 Å². The van der Waals surface area contributed by atoms with E-state index in [9.17, 15) is 32.7 Å². The van der Waals surface area contributed by atoms with Crippen molar-refractivity contribution in [1.29, 1.82) is 0 Å². The first kappa shape index (κ1) is 35.4. The first-order chi connectivity index (χ1) is 21.9. The highest BCUT2D eigenvalue weighted by Crippen LogP contribution is 2.11. The number of nitrogens with two attached hydrogens (primary N) is 1. The zero-order chi connectivity index (χ0) is 33.5. The zero-order valence-corrected chi connectivity index (χ0v) is 26.0. The van der Waals surface area contributed by atoms with Crippen molar-refractivity contribution in [3.8, 4) is 0 Å². The van der Waals surface area contributed by atoms with Gasteiger partial charge in [0.1, 0.15) is 12.1 Å². The first-order valence-corrected chi connectivity index (χ1v) is 16.0. The molecule has 3 aromatic rings. The number of sulfonamides is 1. The van der Waals surface area contributed by atoms with E-state index in [2.05, 4.69) is 25.3 Å². The summed E-state index contributed by atoms with van der Waals surface area (Å²) >= 11 is 0. The zero-order valence-electron chi connectivity index (χ0n) is 25.2. The minimum atomic E-state index is -3.98. The second kappa shape index (κ2) is 17.4. The maximum Gasteiger partial charge on any atom is 0.332 e. The summed E-state index contributed by atoms with van der Waals surface area (Å²) in [6, 6.07) is 21.7. The van der Waals surface area contributed by atoms with Gasteiger partial charge in [-0.1, -0.05) is 90.1 Å². The Bertz CT molecular complexity index is 1620. The van der Waals surface area contributed by atoms with Gasteiger partial charge in [0.05, 0.1) is 5.75 Å². The molecule has 0 aliphatic rings. The predicted octanol–water partition coefficient (Wildman–Crippen LogP) is 1.96. The van der Waals surface area contributed by atoms with Crippen molar-refractivity contribution in [2.24, 2.45) is 10.9 Å². The average Bonchev–Trinajstić information content (AvgIpc) is 3.03. The van der Waals surface area contributed by atoms with Crippen LogP contribution in [-0.4, -0.2) is 55.2 Å². The fraction of sp³-hybridized carbons (Fsp3) is 0.281. The number of hydrogen-bond acceptors (Lipinski definition) is 8. The third-order valence-corrected chi connectivity index (χ3v) is 8.03. The summed E-state index contributed by atoms with van der Waals surface area (Å²) in [7, 11) is -3.98. The van der Waals surface area contributed by atoms with Crippen molar-refractivity contribution in [2.75, 3.05) is 0 Å². The molecule has 3 aromatic carbocycles. The van der Waals surface area contributed by atoms with Crippen LogP contribution in [0.2, 0.25) is 0 Å². The van der Waals surface area contributed by atoms with Crippen LogP contribution in [0.3, 0.4) is 0 Å². The fourth-order valence-corrected chi connectivity index (χ4v) is 5.71. The minimum absolute atomic E-state index is 0.0246. The predicted molar refractivity (Wildman–Crippen MR) is 170 cm³/mol. The van der Waals surface area contributed by atoms with E-state index in [1.165, 1.54) is 6.92 Å². The number of benzene rings is 3. The molecule has 0 aliphatic carbocycles. The van der Waals surface area contributed by atoms with Crippen LogP contribution in [0.4, 0.5) is 0 Å². The van der Waals surface area contributed by atoms with Gasteiger partial charge in [0.25, 0.3) is 0 Å². The monoisotopic (exact) mass is 651 g/mol. The molecule has 0 saturated heterocycles. The van der Waals surface area contributed by atoms with Crippen molar-refractivity contribution in [3.05, 3.63) is 107 Å². The van der Waals surface area contributed by atoms with Gasteiger partial charge in [-0.05, 0) is 36.0 Å². The summed E-state index contributed by atoms with van der Waals surface area (Å²) in [6.07, 6.45) is -0.183. The van der Waals surface area contributed by atoms with Crippen LogP contribution < -0.4 is 21.1 Å². The van der Waals surface area contributed by atoms with Gasteiger partial charge in [-0.3, -0.25) is 14.4 Å². The molecule has 1 unspecified atom stereocenters. The molecule has 0 saturated carbocycles. The number of carbonyl (C=O) groups is 4. The van der Waals surface area contributed by atoms with E-state index in [-0.39, 0.29) is 31.0 Å². The molecule has 244 valence electrons. The molecule has 0 bridgehead atoms. The third-order valence-electron chi connectivity index (χ3n) is 6.67. The third kappa shape index (κ3) is 12.5. The Morgan fingerprint density at radius 1 is 0.826 bits per heavy atom. The number of amides is 2. The number of aliphatic carboxylic acids is 1. The number of carbonyl (C=O) groups excluding carboxylic acids is 3. The van der Waals surface area contributed by atoms with Gasteiger partial charge >= 0.3 is 11.9 Å². The summed E-state index contributed by atoms with van der Waals surface area (Å²) in [6.45, 7) is 1.21. The largest absolute Gasteiger partial charge is 0.481 e. The number of hydrogen-bond donors (Lipinski definition) is 5. The van der Waals surface area contributed by atoms with Gasteiger partial charge in [0.2, 0.25) is 21.8 Å². The lowest BCUT2D eigenvalue weighted by atomic mass is 10.0. The molecule has 0 aliphatic heterocycles. The molecule has 2 amide bonds. The second-order valence-electron chi connectivity index (χ2n) is 10.4. The Morgan fingerprint density at radius 3 is 2.02 bits per heavy atom. The number of carboxylic acids is 1. The lowest BCUT2D eigenvalue weighted by molar-refractivity contribution is -0.141. The van der Waals surface area contributed by atoms with Gasteiger partial charge in [0, 0.05) is 25.5 Å². The van der Waals surface area contributed by atoms with Crippen LogP contribution in [0.5, 0.6) is 0 Å². The van der Waals surface area contributed by atoms with Crippen LogP contribution >= 0.6 is 0 Å². The molecular formula is C32H37N5O8S. The van der Waals surface area contributed by atoms with Crippen LogP contribution in [0.25, 0.3) is 0 Å². The van der Waals surface area contributed by atoms with Gasteiger partial charge < -0.3 is 26.3 Å². The van der Waals surface area contributed by atoms with Crippen molar-refractivity contribution in [1.82, 2.24) is 15.4 Å². The second-order valence-corrected chi connectivity index (χ2v) is 12.2. The SMILES string of the molecule is CC(=O)O/N=C(\N)c1ccc(CNC(=O)C(CCC(=O)O)NC(=O)[C@@H](CCc2ccccc2)NS(=O)(=O)Cc2ccccc2)cc1. The lowest BCUT2D eigenvalue weighted by Crippen LogP contribution is -2.54. The Morgan fingerprint density at radius 2 is 1.43 bits per heavy atom. The topological polar surface area (TPSA) is 206 Å². The number of amidine groups is 1. The Hall–Kier alpha value is -5.08. The molecule has 0 radical (unpaired) electrons. The molecular weight excluding hydrogens is 614 g/mol. The molecule has 3 rings (SSSR count). The number of oxime groups is 1. The lowest BCUT2D eigenvalue weighted by Gasteiger charge is -2.23. The molecule has 46 heavy (non-hydrogen) atoms. The summed E-state index contributed by atoms with van der Waals surface area (Å²) in [5, 5.41) is 18.0. The van der Waals surface area contributed by atoms with Crippen molar-refractivity contribution in [2.45, 2.75) is 57.0 Å². The maximum absolute atomic E-state index is 13.5. The quantitative estimate of drug-likeness (QED) is 0.0625. The summed E-state index contributed by atoms with van der Waals surface area (Å²) in [4.78, 5) is 53.5. The number of aryl methyl sites for hydroxylation is 1. The minimum Gasteiger partial charge on any atom is -0.481 e. The molecule has 0 aromatic heterocycles. The van der Waals surface area contributed by atoms with Crippen LogP contribution in [0, 0.1) is 0 Å². The van der Waals surface area contributed by atoms with Gasteiger partial charge in [-0.25, -0.2) is 17.9 Å². The fourth-order valence-electron chi connectivity index (χ4n) is 4.33. The molecule has 0 fully saturated rings. The number of nitrogens with zero attached hydrogens (tertiary/aromatic N) is 1. The maximum atomic E-state index is 13.5. The molecule has 2 atom stereocenters. The molecule has 14 heteroatoms. The van der Waals surface area contributed by atoms with Crippen molar-refractivity contribution >= 4 is 39.6 Å². The highest BCUT2D eigenvalue weighted by Gasteiger charge is 2.29. The molecule has 13 nitrogen and oxygen atoms in total.